The lowest BCUT2D eigenvalue weighted by Crippen LogP contribution is -2.28. The maximum atomic E-state index is 11.9. The molecule has 0 fully saturated rings. The van der Waals surface area contributed by atoms with Crippen LogP contribution in [0.2, 0.25) is 0 Å². The number of alkyl halides is 3. The van der Waals surface area contributed by atoms with Gasteiger partial charge in [0.05, 0.1) is 5.97 Å². The molecule has 1 rings (SSSR count). The summed E-state index contributed by atoms with van der Waals surface area (Å²) in [6, 6.07) is 3.52. The highest BCUT2D eigenvalue weighted by Gasteiger charge is 2.48. The third-order valence-electron chi connectivity index (χ3n) is 1.56. The first-order valence-electron chi connectivity index (χ1n) is 3.95. The van der Waals surface area contributed by atoms with Crippen molar-refractivity contribution in [1.29, 1.82) is 0 Å². The first-order valence-corrected chi connectivity index (χ1v) is 5.36. The van der Waals surface area contributed by atoms with Crippen LogP contribution in [0.15, 0.2) is 24.3 Å². The highest BCUT2D eigenvalue weighted by Crippen LogP contribution is 2.27. The van der Waals surface area contributed by atoms with Gasteiger partial charge in [-0.05, 0) is 12.1 Å². The summed E-state index contributed by atoms with van der Waals surface area (Å²) < 4.78 is 60.7. The van der Waals surface area contributed by atoms with Crippen molar-refractivity contribution in [2.75, 3.05) is 0 Å². The number of carbonyl (C=O) groups is 1. The number of carbonyl (C=O) groups excluding carboxylic acids is 1. The largest absolute Gasteiger partial charge is 0.545 e. The summed E-state index contributed by atoms with van der Waals surface area (Å²) in [4.78, 5) is 10.4. The molecule has 0 aliphatic heterocycles. The van der Waals surface area contributed by atoms with Gasteiger partial charge in [-0.3, -0.25) is 0 Å². The zero-order valence-electron chi connectivity index (χ0n) is 7.89. The Bertz CT molecular complexity index is 534. The Hall–Kier alpha value is -1.77. The second-order valence-corrected chi connectivity index (χ2v) is 4.34. The van der Waals surface area contributed by atoms with Crippen molar-refractivity contribution in [3.8, 4) is 5.75 Å². The second kappa shape index (κ2) is 4.24. The predicted octanol–water partition coefficient (Wildman–Crippen LogP) is 0.279. The van der Waals surface area contributed by atoms with E-state index >= 15 is 0 Å². The molecular formula is C8H4F3O5S-. The van der Waals surface area contributed by atoms with Gasteiger partial charge < -0.3 is 14.1 Å². The molecule has 0 radical (unpaired) electrons. The summed E-state index contributed by atoms with van der Waals surface area (Å²) in [6.45, 7) is 0. The Kier molecular flexibility index (Phi) is 3.32. The zero-order chi connectivity index (χ0) is 13.3. The van der Waals surface area contributed by atoms with Crippen LogP contribution in [0.1, 0.15) is 10.4 Å². The number of hydrogen-bond acceptors (Lipinski definition) is 5. The molecule has 0 aliphatic rings. The van der Waals surface area contributed by atoms with Crippen molar-refractivity contribution >= 4 is 16.1 Å². The van der Waals surface area contributed by atoms with Gasteiger partial charge in [-0.25, -0.2) is 0 Å². The summed E-state index contributed by atoms with van der Waals surface area (Å²) in [5.41, 5.74) is -6.08. The summed E-state index contributed by atoms with van der Waals surface area (Å²) in [5, 5.41) is 10.4. The molecule has 94 valence electrons. The molecule has 1 aromatic carbocycles. The molecular weight excluding hydrogens is 265 g/mol. The Morgan fingerprint density at radius 2 is 1.88 bits per heavy atom. The molecule has 5 nitrogen and oxygen atoms in total. The molecule has 0 heterocycles. The van der Waals surface area contributed by atoms with Crippen LogP contribution in [0.3, 0.4) is 0 Å². The molecule has 0 N–H and O–H groups in total. The van der Waals surface area contributed by atoms with E-state index in [4.69, 9.17) is 0 Å². The van der Waals surface area contributed by atoms with Gasteiger partial charge in [-0.15, -0.1) is 0 Å². The zero-order valence-corrected chi connectivity index (χ0v) is 8.71. The van der Waals surface area contributed by atoms with E-state index in [0.717, 1.165) is 18.2 Å². The van der Waals surface area contributed by atoms with Gasteiger partial charge in [0.2, 0.25) is 0 Å². The van der Waals surface area contributed by atoms with E-state index in [2.05, 4.69) is 4.18 Å². The van der Waals surface area contributed by atoms with Crippen LogP contribution in [-0.4, -0.2) is 19.9 Å². The molecule has 0 aromatic heterocycles. The van der Waals surface area contributed by atoms with E-state index in [9.17, 15) is 31.5 Å². The van der Waals surface area contributed by atoms with Crippen molar-refractivity contribution in [2.24, 2.45) is 0 Å². The average molecular weight is 269 g/mol. The number of hydrogen-bond donors (Lipinski definition) is 0. The molecule has 9 heteroatoms. The SMILES string of the molecule is O=C([O-])c1cccc(OS(=O)(=O)C(F)(F)F)c1. The number of benzene rings is 1. The quantitative estimate of drug-likeness (QED) is 0.581. The fourth-order valence-electron chi connectivity index (χ4n) is 0.849. The van der Waals surface area contributed by atoms with Crippen molar-refractivity contribution in [2.45, 2.75) is 5.51 Å². The third-order valence-corrected chi connectivity index (χ3v) is 2.54. The van der Waals surface area contributed by atoms with Crippen LogP contribution >= 0.6 is 0 Å². The normalized spacial score (nSPS) is 12.2. The second-order valence-electron chi connectivity index (χ2n) is 2.80. The standard InChI is InChI=1S/C8H5F3O5S/c9-8(10,11)17(14,15)16-6-3-1-2-5(4-6)7(12)13/h1-4H,(H,12,13)/p-1. The summed E-state index contributed by atoms with van der Waals surface area (Å²) in [7, 11) is -5.81. The van der Waals surface area contributed by atoms with E-state index in [1.165, 1.54) is 0 Å². The van der Waals surface area contributed by atoms with Crippen LogP contribution in [0.5, 0.6) is 5.75 Å². The molecule has 0 saturated heterocycles. The summed E-state index contributed by atoms with van der Waals surface area (Å²) >= 11 is 0. The molecule has 1 aromatic rings. The third kappa shape index (κ3) is 3.09. The van der Waals surface area contributed by atoms with E-state index in [-0.39, 0.29) is 0 Å². The number of halogens is 3. The minimum Gasteiger partial charge on any atom is -0.545 e. The number of aromatic carboxylic acids is 1. The molecule has 0 saturated carbocycles. The van der Waals surface area contributed by atoms with Crippen molar-refractivity contribution < 1.29 is 35.7 Å². The van der Waals surface area contributed by atoms with Gasteiger partial charge in [-0.2, -0.15) is 21.6 Å². The number of carboxylic acids is 1. The predicted molar refractivity (Wildman–Crippen MR) is 46.4 cm³/mol. The molecule has 0 aliphatic carbocycles. The first-order chi connectivity index (χ1) is 7.63. The van der Waals surface area contributed by atoms with E-state index in [0.29, 0.717) is 6.07 Å². The fraction of sp³-hybridized carbons (Fsp3) is 0.125. The van der Waals surface area contributed by atoms with Crippen molar-refractivity contribution in [3.63, 3.8) is 0 Å². The van der Waals surface area contributed by atoms with Crippen LogP contribution in [0, 0.1) is 0 Å². The molecule has 0 unspecified atom stereocenters. The van der Waals surface area contributed by atoms with Gasteiger partial charge in [0.1, 0.15) is 5.75 Å². The molecule has 17 heavy (non-hydrogen) atoms. The monoisotopic (exact) mass is 269 g/mol. The minimum atomic E-state index is -5.81. The van der Waals surface area contributed by atoms with E-state index in [1.54, 1.807) is 0 Å². The highest BCUT2D eigenvalue weighted by molar-refractivity contribution is 7.87. The van der Waals surface area contributed by atoms with E-state index < -0.39 is 32.9 Å². The number of rotatable bonds is 3. The summed E-state index contributed by atoms with van der Waals surface area (Å²) in [6.07, 6.45) is 0. The van der Waals surface area contributed by atoms with Crippen molar-refractivity contribution in [1.82, 2.24) is 0 Å². The van der Waals surface area contributed by atoms with Gasteiger partial charge in [0, 0.05) is 5.56 Å². The van der Waals surface area contributed by atoms with Gasteiger partial charge >= 0.3 is 15.6 Å². The van der Waals surface area contributed by atoms with Crippen LogP contribution in [0.25, 0.3) is 0 Å². The Labute approximate surface area is 93.6 Å². The highest BCUT2D eigenvalue weighted by atomic mass is 32.2. The van der Waals surface area contributed by atoms with Crippen molar-refractivity contribution in [3.05, 3.63) is 29.8 Å². The summed E-state index contributed by atoms with van der Waals surface area (Å²) in [5.74, 6) is -2.43. The van der Waals surface area contributed by atoms with Gasteiger partial charge in [0.15, 0.2) is 0 Å². The maximum absolute atomic E-state index is 11.9. The Morgan fingerprint density at radius 3 is 2.35 bits per heavy atom. The smallest absolute Gasteiger partial charge is 0.534 e. The first kappa shape index (κ1) is 13.3. The molecule has 0 amide bonds. The lowest BCUT2D eigenvalue weighted by molar-refractivity contribution is -0.255. The van der Waals surface area contributed by atoms with Gasteiger partial charge in [0.25, 0.3) is 0 Å². The topological polar surface area (TPSA) is 83.5 Å². The number of carboxylic acid groups (broad SMARTS) is 1. The minimum absolute atomic E-state index is 0.500. The lowest BCUT2D eigenvalue weighted by Gasteiger charge is -2.10. The van der Waals surface area contributed by atoms with Gasteiger partial charge in [-0.1, -0.05) is 12.1 Å². The Morgan fingerprint density at radius 1 is 1.29 bits per heavy atom. The van der Waals surface area contributed by atoms with Crippen LogP contribution < -0.4 is 9.29 Å². The fourth-order valence-corrected chi connectivity index (χ4v) is 1.30. The molecule has 0 atom stereocenters. The average Bonchev–Trinajstić information content (AvgIpc) is 2.15. The lowest BCUT2D eigenvalue weighted by atomic mass is 10.2. The van der Waals surface area contributed by atoms with E-state index in [1.807, 2.05) is 0 Å². The van der Waals surface area contributed by atoms with Crippen LogP contribution in [0.4, 0.5) is 13.2 Å². The van der Waals surface area contributed by atoms with Crippen LogP contribution in [-0.2, 0) is 10.1 Å². The molecule has 0 bridgehead atoms. The molecule has 0 spiro atoms. The maximum Gasteiger partial charge on any atom is 0.534 e. The Balaban J connectivity index is 3.05.